The topological polar surface area (TPSA) is 78.5 Å². The van der Waals surface area contributed by atoms with Gasteiger partial charge in [-0.15, -0.1) is 0 Å². The summed E-state index contributed by atoms with van der Waals surface area (Å²) in [5.41, 5.74) is 2.24. The summed E-state index contributed by atoms with van der Waals surface area (Å²) >= 11 is 0. The Labute approximate surface area is 153 Å². The molecular weight excluding hydrogens is 330 g/mol. The van der Waals surface area contributed by atoms with Crippen LogP contribution in [0.4, 0.5) is 11.4 Å². The molecule has 0 heterocycles. The van der Waals surface area contributed by atoms with E-state index in [0.717, 1.165) is 5.56 Å². The van der Waals surface area contributed by atoms with Gasteiger partial charge >= 0.3 is 0 Å². The fraction of sp³-hybridized carbons (Fsp3) is 0.250. The molecule has 6 nitrogen and oxygen atoms in total. The van der Waals surface area contributed by atoms with E-state index in [0.29, 0.717) is 24.5 Å². The van der Waals surface area contributed by atoms with Crippen molar-refractivity contribution in [3.05, 3.63) is 60.2 Å². The van der Waals surface area contributed by atoms with Gasteiger partial charge in [0.1, 0.15) is 6.42 Å². The zero-order valence-corrected chi connectivity index (χ0v) is 15.0. The Hall–Kier alpha value is -3.15. The molecule has 0 aliphatic heterocycles. The SMILES string of the molecule is CCN(Cc1ccccc1)C(=O)CC(=O)Nc1ccc(NC(C)=O)cc1. The molecule has 0 unspecified atom stereocenters. The van der Waals surface area contributed by atoms with Crippen LogP contribution in [0.5, 0.6) is 0 Å². The molecule has 2 N–H and O–H groups in total. The molecule has 136 valence electrons. The van der Waals surface area contributed by atoms with E-state index in [-0.39, 0.29) is 24.1 Å². The van der Waals surface area contributed by atoms with Gasteiger partial charge in [0.15, 0.2) is 0 Å². The molecule has 0 aliphatic carbocycles. The van der Waals surface area contributed by atoms with Crippen LogP contribution >= 0.6 is 0 Å². The van der Waals surface area contributed by atoms with Gasteiger partial charge in [0.25, 0.3) is 0 Å². The van der Waals surface area contributed by atoms with Crippen molar-refractivity contribution in [3.63, 3.8) is 0 Å². The number of nitrogens with one attached hydrogen (secondary N) is 2. The minimum Gasteiger partial charge on any atom is -0.338 e. The first-order chi connectivity index (χ1) is 12.5. The van der Waals surface area contributed by atoms with Crippen molar-refractivity contribution in [2.45, 2.75) is 26.8 Å². The molecule has 0 aromatic heterocycles. The molecule has 6 heteroatoms. The molecule has 26 heavy (non-hydrogen) atoms. The zero-order chi connectivity index (χ0) is 18.9. The summed E-state index contributed by atoms with van der Waals surface area (Å²) in [6.07, 6.45) is -0.214. The molecule has 0 spiro atoms. The number of nitrogens with zero attached hydrogens (tertiary/aromatic N) is 1. The predicted octanol–water partition coefficient (Wildman–Crippen LogP) is 3.02. The van der Waals surface area contributed by atoms with E-state index in [1.165, 1.54) is 6.92 Å². The van der Waals surface area contributed by atoms with E-state index in [9.17, 15) is 14.4 Å². The largest absolute Gasteiger partial charge is 0.338 e. The summed E-state index contributed by atoms with van der Waals surface area (Å²) < 4.78 is 0. The maximum atomic E-state index is 12.4. The third kappa shape index (κ3) is 6.05. The minimum absolute atomic E-state index is 0.162. The summed E-state index contributed by atoms with van der Waals surface area (Å²) in [7, 11) is 0. The van der Waals surface area contributed by atoms with Crippen molar-refractivity contribution in [3.8, 4) is 0 Å². The second-order valence-electron chi connectivity index (χ2n) is 5.88. The highest BCUT2D eigenvalue weighted by molar-refractivity contribution is 6.03. The zero-order valence-electron chi connectivity index (χ0n) is 15.0. The summed E-state index contributed by atoms with van der Waals surface area (Å²) in [6.45, 7) is 4.33. The first-order valence-electron chi connectivity index (χ1n) is 8.47. The monoisotopic (exact) mass is 353 g/mol. The molecule has 0 radical (unpaired) electrons. The fourth-order valence-electron chi connectivity index (χ4n) is 2.47. The van der Waals surface area contributed by atoms with Crippen molar-refractivity contribution in [1.82, 2.24) is 4.90 Å². The Morgan fingerprint density at radius 3 is 2.00 bits per heavy atom. The normalized spacial score (nSPS) is 10.1. The van der Waals surface area contributed by atoms with Crippen LogP contribution in [-0.2, 0) is 20.9 Å². The molecule has 2 aromatic rings. The number of carbonyl (C=O) groups is 3. The first-order valence-corrected chi connectivity index (χ1v) is 8.47. The number of benzene rings is 2. The number of amides is 3. The lowest BCUT2D eigenvalue weighted by Crippen LogP contribution is -2.33. The van der Waals surface area contributed by atoms with Crippen molar-refractivity contribution >= 4 is 29.1 Å². The maximum Gasteiger partial charge on any atom is 0.233 e. The molecule has 2 aromatic carbocycles. The second-order valence-corrected chi connectivity index (χ2v) is 5.88. The fourth-order valence-corrected chi connectivity index (χ4v) is 2.47. The van der Waals surface area contributed by atoms with E-state index < -0.39 is 0 Å². The van der Waals surface area contributed by atoms with Gasteiger partial charge in [-0.05, 0) is 36.8 Å². The van der Waals surface area contributed by atoms with E-state index in [2.05, 4.69) is 10.6 Å². The van der Waals surface area contributed by atoms with Gasteiger partial charge in [-0.25, -0.2) is 0 Å². The van der Waals surface area contributed by atoms with Crippen LogP contribution in [0.2, 0.25) is 0 Å². The Morgan fingerprint density at radius 1 is 0.885 bits per heavy atom. The van der Waals surface area contributed by atoms with Crippen molar-refractivity contribution in [2.24, 2.45) is 0 Å². The number of rotatable bonds is 7. The number of anilines is 2. The second kappa shape index (κ2) is 9.36. The standard InChI is InChI=1S/C20H23N3O3/c1-3-23(14-16-7-5-4-6-8-16)20(26)13-19(25)22-18-11-9-17(10-12-18)21-15(2)24/h4-12H,3,13-14H2,1-2H3,(H,21,24)(H,22,25). The summed E-state index contributed by atoms with van der Waals surface area (Å²) in [6, 6.07) is 16.4. The van der Waals surface area contributed by atoms with Crippen LogP contribution in [-0.4, -0.2) is 29.2 Å². The molecule has 2 rings (SSSR count). The minimum atomic E-state index is -0.367. The molecular formula is C20H23N3O3. The Balaban J connectivity index is 1.89. The van der Waals surface area contributed by atoms with Gasteiger partial charge in [-0.3, -0.25) is 14.4 Å². The quantitative estimate of drug-likeness (QED) is 0.751. The van der Waals surface area contributed by atoms with Gasteiger partial charge in [0.2, 0.25) is 17.7 Å². The van der Waals surface area contributed by atoms with Crippen LogP contribution in [0.1, 0.15) is 25.8 Å². The Morgan fingerprint density at radius 2 is 1.46 bits per heavy atom. The summed E-state index contributed by atoms with van der Waals surface area (Å²) in [5, 5.41) is 5.35. The first kappa shape index (κ1) is 19.2. The molecule has 0 saturated carbocycles. The van der Waals surface area contributed by atoms with Gasteiger partial charge in [0.05, 0.1) is 0 Å². The third-order valence-electron chi connectivity index (χ3n) is 3.75. The van der Waals surface area contributed by atoms with Crippen LogP contribution < -0.4 is 10.6 Å². The van der Waals surface area contributed by atoms with Gasteiger partial charge < -0.3 is 15.5 Å². The lowest BCUT2D eigenvalue weighted by Gasteiger charge is -2.21. The van der Waals surface area contributed by atoms with Crippen molar-refractivity contribution in [2.75, 3.05) is 17.2 Å². The van der Waals surface area contributed by atoms with Gasteiger partial charge in [-0.2, -0.15) is 0 Å². The van der Waals surface area contributed by atoms with Crippen molar-refractivity contribution in [1.29, 1.82) is 0 Å². The number of hydrogen-bond donors (Lipinski definition) is 2. The molecule has 0 saturated heterocycles. The highest BCUT2D eigenvalue weighted by Crippen LogP contribution is 2.14. The lowest BCUT2D eigenvalue weighted by atomic mass is 10.2. The van der Waals surface area contributed by atoms with E-state index in [4.69, 9.17) is 0 Å². The third-order valence-corrected chi connectivity index (χ3v) is 3.75. The van der Waals surface area contributed by atoms with Gasteiger partial charge in [-0.1, -0.05) is 30.3 Å². The highest BCUT2D eigenvalue weighted by atomic mass is 16.2. The lowest BCUT2D eigenvalue weighted by molar-refractivity contribution is -0.135. The summed E-state index contributed by atoms with van der Waals surface area (Å²) in [5.74, 6) is -0.747. The van der Waals surface area contributed by atoms with Crippen LogP contribution in [0.15, 0.2) is 54.6 Å². The molecule has 0 fully saturated rings. The van der Waals surface area contributed by atoms with Crippen LogP contribution in [0.3, 0.4) is 0 Å². The average molecular weight is 353 g/mol. The smallest absolute Gasteiger partial charge is 0.233 e. The van der Waals surface area contributed by atoms with Crippen LogP contribution in [0.25, 0.3) is 0 Å². The Kier molecular flexibility index (Phi) is 6.91. The van der Waals surface area contributed by atoms with E-state index >= 15 is 0 Å². The number of hydrogen-bond acceptors (Lipinski definition) is 3. The van der Waals surface area contributed by atoms with E-state index in [1.807, 2.05) is 37.3 Å². The highest BCUT2D eigenvalue weighted by Gasteiger charge is 2.16. The molecule has 0 aliphatic rings. The molecule has 3 amide bonds. The van der Waals surface area contributed by atoms with Crippen molar-refractivity contribution < 1.29 is 14.4 Å². The maximum absolute atomic E-state index is 12.4. The molecule has 0 atom stereocenters. The Bertz CT molecular complexity index is 758. The number of carbonyl (C=O) groups excluding carboxylic acids is 3. The predicted molar refractivity (Wildman–Crippen MR) is 102 cm³/mol. The summed E-state index contributed by atoms with van der Waals surface area (Å²) in [4.78, 5) is 37.1. The average Bonchev–Trinajstić information content (AvgIpc) is 2.61. The van der Waals surface area contributed by atoms with Crippen LogP contribution in [0, 0.1) is 0 Å². The van der Waals surface area contributed by atoms with E-state index in [1.54, 1.807) is 29.2 Å². The molecule has 0 bridgehead atoms. The van der Waals surface area contributed by atoms with Gasteiger partial charge in [0, 0.05) is 31.4 Å².